The van der Waals surface area contributed by atoms with Gasteiger partial charge in [-0.2, -0.15) is 0 Å². The Morgan fingerprint density at radius 2 is 2.43 bits per heavy atom. The zero-order valence-electron chi connectivity index (χ0n) is 9.08. The highest BCUT2D eigenvalue weighted by Crippen LogP contribution is 2.07. The monoisotopic (exact) mass is 200 g/mol. The van der Waals surface area contributed by atoms with Crippen LogP contribution in [-0.2, 0) is 9.53 Å². The molecule has 1 saturated heterocycles. The molecule has 14 heavy (non-hydrogen) atoms. The fourth-order valence-electron chi connectivity index (χ4n) is 1.75. The molecule has 0 bridgehead atoms. The molecule has 4 heteroatoms. The summed E-state index contributed by atoms with van der Waals surface area (Å²) in [6, 6.07) is 0.307. The summed E-state index contributed by atoms with van der Waals surface area (Å²) in [5.74, 6) is 0.00662. The van der Waals surface area contributed by atoms with Crippen molar-refractivity contribution in [3.63, 3.8) is 0 Å². The van der Waals surface area contributed by atoms with Gasteiger partial charge in [-0.15, -0.1) is 0 Å². The molecule has 1 amide bonds. The Labute approximate surface area is 85.6 Å². The molecule has 0 aliphatic carbocycles. The number of rotatable bonds is 4. The molecule has 1 rings (SSSR count). The van der Waals surface area contributed by atoms with E-state index in [2.05, 4.69) is 17.3 Å². The summed E-state index contributed by atoms with van der Waals surface area (Å²) >= 11 is 0. The van der Waals surface area contributed by atoms with Gasteiger partial charge in [-0.1, -0.05) is 0 Å². The molecule has 0 aromatic rings. The zero-order valence-corrected chi connectivity index (χ0v) is 9.08. The summed E-state index contributed by atoms with van der Waals surface area (Å²) in [5.41, 5.74) is 0. The van der Waals surface area contributed by atoms with Crippen LogP contribution in [0.25, 0.3) is 0 Å². The van der Waals surface area contributed by atoms with Crippen LogP contribution in [-0.4, -0.2) is 50.2 Å². The average molecular weight is 200 g/mol. The van der Waals surface area contributed by atoms with Crippen molar-refractivity contribution in [3.8, 4) is 0 Å². The summed E-state index contributed by atoms with van der Waals surface area (Å²) in [4.78, 5) is 13.6. The van der Waals surface area contributed by atoms with Gasteiger partial charge in [0, 0.05) is 19.2 Å². The van der Waals surface area contributed by atoms with E-state index in [1.54, 1.807) is 0 Å². The average Bonchev–Trinajstić information content (AvgIpc) is 2.15. The van der Waals surface area contributed by atoms with Gasteiger partial charge in [0.2, 0.25) is 5.91 Å². The van der Waals surface area contributed by atoms with Gasteiger partial charge in [0.1, 0.15) is 6.61 Å². The predicted molar refractivity (Wildman–Crippen MR) is 55.2 cm³/mol. The lowest BCUT2D eigenvalue weighted by molar-refractivity contribution is -0.126. The Hall–Kier alpha value is -0.610. The zero-order chi connectivity index (χ0) is 10.4. The van der Waals surface area contributed by atoms with E-state index in [1.807, 2.05) is 6.92 Å². The molecule has 1 aliphatic heterocycles. The van der Waals surface area contributed by atoms with Crippen molar-refractivity contribution in [2.75, 3.05) is 33.4 Å². The number of likely N-dealkylation sites (N-methyl/N-ethyl adjacent to an activating group) is 1. The van der Waals surface area contributed by atoms with Gasteiger partial charge in [0.25, 0.3) is 0 Å². The molecule has 1 heterocycles. The number of ether oxygens (including phenoxy) is 1. The van der Waals surface area contributed by atoms with Gasteiger partial charge < -0.3 is 15.0 Å². The van der Waals surface area contributed by atoms with Crippen molar-refractivity contribution < 1.29 is 9.53 Å². The van der Waals surface area contributed by atoms with Crippen LogP contribution in [0, 0.1) is 0 Å². The number of nitrogens with one attached hydrogen (secondary N) is 1. The fraction of sp³-hybridized carbons (Fsp3) is 0.900. The Bertz CT molecular complexity index is 185. The van der Waals surface area contributed by atoms with Crippen LogP contribution in [0.15, 0.2) is 0 Å². The maximum absolute atomic E-state index is 11.3. The Balaban J connectivity index is 2.18. The summed E-state index contributed by atoms with van der Waals surface area (Å²) < 4.78 is 5.04. The van der Waals surface area contributed by atoms with Gasteiger partial charge in [-0.25, -0.2) is 0 Å². The summed E-state index contributed by atoms with van der Waals surface area (Å²) in [6.07, 6.45) is 2.25. The van der Waals surface area contributed by atoms with E-state index in [0.717, 1.165) is 25.9 Å². The van der Waals surface area contributed by atoms with E-state index in [9.17, 15) is 4.79 Å². The lowest BCUT2D eigenvalue weighted by Crippen LogP contribution is -2.47. The Kier molecular flexibility index (Phi) is 4.90. The van der Waals surface area contributed by atoms with Crippen LogP contribution < -0.4 is 5.32 Å². The summed E-state index contributed by atoms with van der Waals surface area (Å²) in [5, 5.41) is 2.98. The number of carbonyl (C=O) groups excluding carboxylic acids is 1. The number of nitrogens with zero attached hydrogens (tertiary/aromatic N) is 1. The van der Waals surface area contributed by atoms with E-state index in [4.69, 9.17) is 4.74 Å². The van der Waals surface area contributed by atoms with Gasteiger partial charge in [-0.3, -0.25) is 4.79 Å². The third kappa shape index (κ3) is 4.07. The molecule has 0 saturated carbocycles. The largest absolute Gasteiger partial charge is 0.372 e. The van der Waals surface area contributed by atoms with Crippen molar-refractivity contribution >= 4 is 5.91 Å². The molecule has 1 fully saturated rings. The van der Waals surface area contributed by atoms with Crippen LogP contribution >= 0.6 is 0 Å². The van der Waals surface area contributed by atoms with Crippen molar-refractivity contribution in [3.05, 3.63) is 0 Å². The summed E-state index contributed by atoms with van der Waals surface area (Å²) in [7, 11) is 2.08. The van der Waals surface area contributed by atoms with Gasteiger partial charge in [0.15, 0.2) is 0 Å². The molecule has 4 nitrogen and oxygen atoms in total. The minimum Gasteiger partial charge on any atom is -0.372 e. The highest BCUT2D eigenvalue weighted by molar-refractivity contribution is 5.77. The van der Waals surface area contributed by atoms with E-state index >= 15 is 0 Å². The fourth-order valence-corrected chi connectivity index (χ4v) is 1.75. The van der Waals surface area contributed by atoms with Crippen molar-refractivity contribution in [2.45, 2.75) is 25.8 Å². The quantitative estimate of drug-likeness (QED) is 0.706. The van der Waals surface area contributed by atoms with E-state index < -0.39 is 0 Å². The van der Waals surface area contributed by atoms with Crippen LogP contribution in [0.2, 0.25) is 0 Å². The predicted octanol–water partition coefficient (Wildman–Crippen LogP) is 0.233. The Morgan fingerprint density at radius 3 is 3.07 bits per heavy atom. The smallest absolute Gasteiger partial charge is 0.246 e. The molecule has 0 radical (unpaired) electrons. The highest BCUT2D eigenvalue weighted by Gasteiger charge is 2.18. The first-order chi connectivity index (χ1) is 6.72. The molecule has 1 N–H and O–H groups in total. The molecule has 1 atom stereocenters. The van der Waals surface area contributed by atoms with Crippen LogP contribution in [0.1, 0.15) is 19.8 Å². The van der Waals surface area contributed by atoms with Crippen LogP contribution in [0.4, 0.5) is 0 Å². The molecular weight excluding hydrogens is 180 g/mol. The van der Waals surface area contributed by atoms with Gasteiger partial charge in [0.05, 0.1) is 0 Å². The maximum Gasteiger partial charge on any atom is 0.246 e. The normalized spacial score (nSPS) is 23.4. The first-order valence-electron chi connectivity index (χ1n) is 5.28. The molecule has 1 aliphatic rings. The minimum absolute atomic E-state index is 0.00662. The van der Waals surface area contributed by atoms with Gasteiger partial charge in [-0.05, 0) is 33.4 Å². The number of carbonyl (C=O) groups is 1. The Morgan fingerprint density at radius 1 is 1.64 bits per heavy atom. The number of piperidine rings is 1. The van der Waals surface area contributed by atoms with Crippen molar-refractivity contribution in [1.29, 1.82) is 0 Å². The number of hydrogen-bond acceptors (Lipinski definition) is 3. The third-order valence-electron chi connectivity index (χ3n) is 2.43. The molecule has 0 spiro atoms. The second kappa shape index (κ2) is 5.98. The second-order valence-corrected chi connectivity index (χ2v) is 3.81. The van der Waals surface area contributed by atoms with Gasteiger partial charge >= 0.3 is 0 Å². The lowest BCUT2D eigenvalue weighted by atomic mass is 10.1. The number of likely N-dealkylation sites (tertiary alicyclic amines) is 1. The maximum atomic E-state index is 11.3. The van der Waals surface area contributed by atoms with Crippen LogP contribution in [0.3, 0.4) is 0 Å². The first kappa shape index (κ1) is 11.5. The molecule has 0 aromatic carbocycles. The highest BCUT2D eigenvalue weighted by atomic mass is 16.5. The molecule has 1 unspecified atom stereocenters. The minimum atomic E-state index is 0.00662. The number of hydrogen-bond donors (Lipinski definition) is 1. The second-order valence-electron chi connectivity index (χ2n) is 3.81. The van der Waals surface area contributed by atoms with Crippen molar-refractivity contribution in [1.82, 2.24) is 10.2 Å². The van der Waals surface area contributed by atoms with E-state index in [1.165, 1.54) is 0 Å². The standard InChI is InChI=1S/C10H20N2O2/c1-3-14-8-10(13)11-9-5-4-6-12(2)7-9/h9H,3-8H2,1-2H3,(H,11,13). The number of amides is 1. The SMILES string of the molecule is CCOCC(=O)NC1CCCN(C)C1. The molecule has 82 valence electrons. The lowest BCUT2D eigenvalue weighted by Gasteiger charge is -2.30. The van der Waals surface area contributed by atoms with E-state index in [0.29, 0.717) is 12.6 Å². The summed E-state index contributed by atoms with van der Waals surface area (Å²) in [6.45, 7) is 4.77. The molecule has 0 aromatic heterocycles. The van der Waals surface area contributed by atoms with Crippen LogP contribution in [0.5, 0.6) is 0 Å². The third-order valence-corrected chi connectivity index (χ3v) is 2.43. The topological polar surface area (TPSA) is 41.6 Å². The van der Waals surface area contributed by atoms with E-state index in [-0.39, 0.29) is 12.5 Å². The molecular formula is C10H20N2O2. The first-order valence-corrected chi connectivity index (χ1v) is 5.28. The van der Waals surface area contributed by atoms with Crippen molar-refractivity contribution in [2.24, 2.45) is 0 Å².